The summed E-state index contributed by atoms with van der Waals surface area (Å²) in [7, 11) is 0. The second-order valence-corrected chi connectivity index (χ2v) is 15.6. The van der Waals surface area contributed by atoms with Crippen LogP contribution in [-0.4, -0.2) is 19.9 Å². The number of fused-ring (bicyclic) bond motifs is 8. The molecule has 0 amide bonds. The van der Waals surface area contributed by atoms with E-state index in [0.717, 1.165) is 142 Å². The first-order valence-electron chi connectivity index (χ1n) is 21.7. The average Bonchev–Trinajstić information content (AvgIpc) is 4.12. The van der Waals surface area contributed by atoms with Crippen LogP contribution < -0.4 is 18.3 Å². The van der Waals surface area contributed by atoms with Crippen LogP contribution in [0.4, 0.5) is 0 Å². The van der Waals surface area contributed by atoms with Crippen molar-refractivity contribution in [3.8, 4) is 45.0 Å². The molecule has 9 rings (SSSR count). The number of pyridine rings is 4. The fourth-order valence-corrected chi connectivity index (χ4v) is 8.84. The summed E-state index contributed by atoms with van der Waals surface area (Å²) in [6, 6.07) is 34.8. The van der Waals surface area contributed by atoms with Crippen molar-refractivity contribution in [3.05, 3.63) is 145 Å². The SMILES string of the molecule is CCC[n+]1ccccc1-c1c2nc(c(-c3cccc[n+]3CCC)c3ccc([nH]3)c(-c3cccc[n+]3CCC)c3nc(c(-c4cccc[n+]4CCC)c4ccc1[nH]4)C=C3)C=C2. The molecule has 8 heteroatoms. The van der Waals surface area contributed by atoms with Crippen molar-refractivity contribution in [1.29, 1.82) is 0 Å². The molecule has 0 fully saturated rings. The Hall–Kier alpha value is -6.80. The van der Waals surface area contributed by atoms with E-state index in [-0.39, 0.29) is 0 Å². The van der Waals surface area contributed by atoms with Gasteiger partial charge in [-0.1, -0.05) is 27.7 Å². The smallest absolute Gasteiger partial charge is 0.216 e. The molecular weight excluding hydrogens is 737 g/mol. The average molecular weight is 791 g/mol. The van der Waals surface area contributed by atoms with Gasteiger partial charge in [0.05, 0.1) is 67.1 Å². The molecule has 0 aromatic carbocycles. The van der Waals surface area contributed by atoms with Crippen molar-refractivity contribution in [1.82, 2.24) is 19.9 Å². The number of nitrogens with zero attached hydrogens (tertiary/aromatic N) is 6. The lowest BCUT2D eigenvalue weighted by molar-refractivity contribution is -0.686. The number of hydrogen-bond donors (Lipinski definition) is 2. The van der Waals surface area contributed by atoms with Gasteiger partial charge >= 0.3 is 0 Å². The molecule has 2 aliphatic heterocycles. The van der Waals surface area contributed by atoms with E-state index < -0.39 is 0 Å². The Morgan fingerprint density at radius 3 is 0.833 bits per heavy atom. The van der Waals surface area contributed by atoms with Gasteiger partial charge < -0.3 is 9.97 Å². The monoisotopic (exact) mass is 790 g/mol. The van der Waals surface area contributed by atoms with Gasteiger partial charge in [0, 0.05) is 74.2 Å². The van der Waals surface area contributed by atoms with E-state index in [4.69, 9.17) is 9.97 Å². The summed E-state index contributed by atoms with van der Waals surface area (Å²) in [6.45, 7) is 12.5. The molecule has 60 heavy (non-hydrogen) atoms. The third kappa shape index (κ3) is 7.27. The van der Waals surface area contributed by atoms with Gasteiger partial charge in [-0.05, 0) is 72.8 Å². The molecule has 2 N–H and O–H groups in total. The van der Waals surface area contributed by atoms with Crippen LogP contribution >= 0.6 is 0 Å². The summed E-state index contributed by atoms with van der Waals surface area (Å²) >= 11 is 0. The van der Waals surface area contributed by atoms with Crippen LogP contribution in [0.5, 0.6) is 0 Å². The second-order valence-electron chi connectivity index (χ2n) is 15.6. The van der Waals surface area contributed by atoms with E-state index in [1.54, 1.807) is 0 Å². The van der Waals surface area contributed by atoms with Gasteiger partial charge in [-0.25, -0.2) is 9.97 Å². The number of rotatable bonds is 12. The molecule has 0 aliphatic carbocycles. The summed E-state index contributed by atoms with van der Waals surface area (Å²) < 4.78 is 9.41. The van der Waals surface area contributed by atoms with Crippen LogP contribution in [0.2, 0.25) is 0 Å². The van der Waals surface area contributed by atoms with Crippen molar-refractivity contribution in [3.63, 3.8) is 0 Å². The van der Waals surface area contributed by atoms with E-state index in [1.165, 1.54) is 0 Å². The molecular formula is C52H54N8+4. The predicted octanol–water partition coefficient (Wildman–Crippen LogP) is 10.1. The zero-order chi connectivity index (χ0) is 41.0. The molecule has 0 unspecified atom stereocenters. The molecule has 0 saturated heterocycles. The molecule has 8 bridgehead atoms. The Morgan fingerprint density at radius 2 is 0.600 bits per heavy atom. The van der Waals surface area contributed by atoms with Gasteiger partial charge in [0.15, 0.2) is 24.8 Å². The zero-order valence-corrected chi connectivity index (χ0v) is 35.2. The normalized spacial score (nSPS) is 12.1. The molecule has 298 valence electrons. The van der Waals surface area contributed by atoms with Crippen LogP contribution in [0.1, 0.15) is 76.2 Å². The predicted molar refractivity (Wildman–Crippen MR) is 243 cm³/mol. The molecule has 0 atom stereocenters. The molecule has 0 saturated carbocycles. The lowest BCUT2D eigenvalue weighted by atomic mass is 10.1. The topological polar surface area (TPSA) is 72.9 Å². The van der Waals surface area contributed by atoms with Crippen LogP contribution in [0.15, 0.2) is 122 Å². The van der Waals surface area contributed by atoms with Crippen molar-refractivity contribution in [2.24, 2.45) is 0 Å². The summed E-state index contributed by atoms with van der Waals surface area (Å²) in [5.41, 5.74) is 16.3. The van der Waals surface area contributed by atoms with E-state index in [1.807, 2.05) is 0 Å². The molecule has 0 spiro atoms. The van der Waals surface area contributed by atoms with Gasteiger partial charge in [0.1, 0.15) is 26.2 Å². The van der Waals surface area contributed by atoms with E-state index in [9.17, 15) is 0 Å². The van der Waals surface area contributed by atoms with Gasteiger partial charge in [0.2, 0.25) is 22.8 Å². The largest absolute Gasteiger partial charge is 0.354 e. The Morgan fingerprint density at radius 1 is 0.350 bits per heavy atom. The fourth-order valence-electron chi connectivity index (χ4n) is 8.84. The molecule has 0 radical (unpaired) electrons. The zero-order valence-electron chi connectivity index (χ0n) is 35.2. The highest BCUT2D eigenvalue weighted by Crippen LogP contribution is 2.36. The standard InChI is InChI=1S/C52H53N8/c1-5-29-57-33-13-9-17-45(57)49-37-21-23-39(53-37)50(46-18-10-14-34-58(46)30-6-2)41-25-27-43(55-41)52(48-20-12-16-36-60(48)32-8-4)44-28-26-42(56-44)51(40-24-22-38(49)54-40)47-19-11-15-35-59(47)31-7-3/h9-28,33-36H,5-8,29-32H2,1-4H3,(H,53,54,55,56)/q+3/p+1. The molecule has 9 heterocycles. The van der Waals surface area contributed by atoms with E-state index in [0.29, 0.717) is 0 Å². The molecule has 7 aromatic rings. The maximum atomic E-state index is 5.59. The lowest BCUT2D eigenvalue weighted by Crippen LogP contribution is -2.35. The summed E-state index contributed by atoms with van der Waals surface area (Å²) in [4.78, 5) is 19.1. The maximum absolute atomic E-state index is 5.59. The molecule has 2 aliphatic rings. The van der Waals surface area contributed by atoms with Crippen LogP contribution in [0.3, 0.4) is 0 Å². The maximum Gasteiger partial charge on any atom is 0.216 e. The lowest BCUT2D eigenvalue weighted by Gasteiger charge is -2.07. The number of H-pyrrole nitrogens is 2. The summed E-state index contributed by atoms with van der Waals surface area (Å²) in [5, 5.41) is 0. The third-order valence-electron chi connectivity index (χ3n) is 11.4. The number of hydrogen-bond acceptors (Lipinski definition) is 2. The number of nitrogens with one attached hydrogen (secondary N) is 2. The molecule has 7 aromatic heterocycles. The van der Waals surface area contributed by atoms with Gasteiger partial charge in [-0.3, -0.25) is 0 Å². The van der Waals surface area contributed by atoms with Crippen molar-refractivity contribution < 1.29 is 18.3 Å². The van der Waals surface area contributed by atoms with Crippen LogP contribution in [0, 0.1) is 0 Å². The van der Waals surface area contributed by atoms with E-state index in [2.05, 4.69) is 202 Å². The molecule has 8 nitrogen and oxygen atoms in total. The summed E-state index contributed by atoms with van der Waals surface area (Å²) in [5.74, 6) is 0. The van der Waals surface area contributed by atoms with Crippen molar-refractivity contribution in [2.75, 3.05) is 0 Å². The quantitative estimate of drug-likeness (QED) is 0.121. The Labute approximate surface area is 352 Å². The number of aromatic nitrogens is 8. The highest BCUT2D eigenvalue weighted by Gasteiger charge is 2.27. The first-order valence-corrected chi connectivity index (χ1v) is 21.7. The minimum absolute atomic E-state index is 0.890. The number of aromatic amines is 2. The Bertz CT molecular complexity index is 2560. The number of aryl methyl sites for hydroxylation is 4. The second kappa shape index (κ2) is 17.2. The van der Waals surface area contributed by atoms with Gasteiger partial charge in [-0.15, -0.1) is 0 Å². The first-order chi connectivity index (χ1) is 29.6. The van der Waals surface area contributed by atoms with Gasteiger partial charge in [-0.2, -0.15) is 18.3 Å². The Balaban J connectivity index is 1.49. The van der Waals surface area contributed by atoms with E-state index >= 15 is 0 Å². The highest BCUT2D eigenvalue weighted by atomic mass is 15.0. The first kappa shape index (κ1) is 38.7. The fraction of sp³-hybridized carbons (Fsp3) is 0.231. The Kier molecular flexibility index (Phi) is 11.1. The van der Waals surface area contributed by atoms with Crippen LogP contribution in [-0.2, 0) is 26.2 Å². The van der Waals surface area contributed by atoms with Crippen molar-refractivity contribution in [2.45, 2.75) is 79.6 Å². The third-order valence-corrected chi connectivity index (χ3v) is 11.4. The van der Waals surface area contributed by atoms with Gasteiger partial charge in [0.25, 0.3) is 0 Å². The summed E-state index contributed by atoms with van der Waals surface area (Å²) in [6.07, 6.45) is 21.6. The highest BCUT2D eigenvalue weighted by molar-refractivity contribution is 5.97. The minimum Gasteiger partial charge on any atom is -0.354 e. The van der Waals surface area contributed by atoms with Crippen molar-refractivity contribution >= 4 is 46.4 Å². The van der Waals surface area contributed by atoms with Crippen LogP contribution in [0.25, 0.3) is 91.4 Å². The minimum atomic E-state index is 0.890.